The van der Waals surface area contributed by atoms with E-state index < -0.39 is 12.5 Å². The van der Waals surface area contributed by atoms with Crippen LogP contribution in [0.15, 0.2) is 36.7 Å². The van der Waals surface area contributed by atoms with Crippen LogP contribution in [0.2, 0.25) is 0 Å². The molecule has 1 aromatic carbocycles. The van der Waals surface area contributed by atoms with Gasteiger partial charge in [0, 0.05) is 23.9 Å². The number of nitrogens with one attached hydrogen (secondary N) is 1. The van der Waals surface area contributed by atoms with E-state index in [0.29, 0.717) is 49.1 Å². The number of amides is 1. The molecule has 1 aliphatic heterocycles. The predicted octanol–water partition coefficient (Wildman–Crippen LogP) is 3.30. The Hall–Kier alpha value is -3.44. The molecule has 0 radical (unpaired) electrons. The predicted molar refractivity (Wildman–Crippen MR) is 120 cm³/mol. The number of fused-ring (bicyclic) bond motifs is 1. The Bertz CT molecular complexity index is 1210. The van der Waals surface area contributed by atoms with E-state index in [4.69, 9.17) is 23.7 Å². The van der Waals surface area contributed by atoms with Crippen LogP contribution in [0.1, 0.15) is 23.2 Å². The molecule has 1 saturated carbocycles. The molecule has 1 atom stereocenters. The molecule has 11 heteroatoms. The second-order valence-electron chi connectivity index (χ2n) is 8.29. The van der Waals surface area contributed by atoms with Crippen LogP contribution in [-0.2, 0) is 9.47 Å². The lowest BCUT2D eigenvalue weighted by atomic mass is 10.1. The number of nitrogens with zero attached hydrogens (tertiary/aromatic N) is 2. The summed E-state index contributed by atoms with van der Waals surface area (Å²) in [6.45, 7) is -1.16. The minimum atomic E-state index is -3.11. The maximum atomic E-state index is 13.2. The number of benzene rings is 1. The molecule has 1 N–H and O–H groups in total. The number of carbonyl (C=O) groups excluding carboxylic acids is 1. The van der Waals surface area contributed by atoms with Crippen molar-refractivity contribution in [3.05, 3.63) is 42.2 Å². The van der Waals surface area contributed by atoms with E-state index in [0.717, 1.165) is 12.8 Å². The molecule has 35 heavy (non-hydrogen) atoms. The molecule has 2 aliphatic rings. The Morgan fingerprint density at radius 1 is 1.26 bits per heavy atom. The summed E-state index contributed by atoms with van der Waals surface area (Å²) in [6, 6.07) is 6.57. The molecule has 1 amide bonds. The van der Waals surface area contributed by atoms with Gasteiger partial charge in [0.1, 0.15) is 41.2 Å². The van der Waals surface area contributed by atoms with Crippen LogP contribution < -0.4 is 19.5 Å². The Balaban J connectivity index is 1.44. The number of rotatable bonds is 9. The first-order chi connectivity index (χ1) is 17.0. The molecule has 1 aliphatic carbocycles. The number of ether oxygens (including phenoxy) is 5. The summed E-state index contributed by atoms with van der Waals surface area (Å²) in [4.78, 5) is 17.2. The smallest absolute Gasteiger partial charge is 0.387 e. The van der Waals surface area contributed by atoms with Crippen molar-refractivity contribution in [3.8, 4) is 28.5 Å². The van der Waals surface area contributed by atoms with Crippen molar-refractivity contribution in [1.29, 1.82) is 0 Å². The minimum absolute atomic E-state index is 0.0404. The van der Waals surface area contributed by atoms with Crippen LogP contribution in [0.4, 0.5) is 8.78 Å². The molecule has 3 heterocycles. The molecule has 186 valence electrons. The highest BCUT2D eigenvalue weighted by molar-refractivity contribution is 6.01. The zero-order chi connectivity index (χ0) is 24.4. The van der Waals surface area contributed by atoms with Crippen LogP contribution in [0.5, 0.6) is 17.2 Å². The number of imidazole rings is 1. The van der Waals surface area contributed by atoms with Crippen LogP contribution in [-0.4, -0.2) is 67.6 Å². The summed E-state index contributed by atoms with van der Waals surface area (Å²) in [5, 5.41) is 2.79. The van der Waals surface area contributed by atoms with E-state index >= 15 is 0 Å². The van der Waals surface area contributed by atoms with Gasteiger partial charge in [-0.1, -0.05) is 0 Å². The fourth-order valence-electron chi connectivity index (χ4n) is 3.88. The van der Waals surface area contributed by atoms with Gasteiger partial charge < -0.3 is 29.0 Å². The molecule has 1 saturated heterocycles. The Labute approximate surface area is 199 Å². The molecule has 0 spiro atoms. The molecular formula is C24H25F2N3O6. The normalized spacial score (nSPS) is 18.0. The van der Waals surface area contributed by atoms with Crippen molar-refractivity contribution in [1.82, 2.24) is 14.7 Å². The van der Waals surface area contributed by atoms with Crippen LogP contribution in [0.3, 0.4) is 0 Å². The fourth-order valence-corrected chi connectivity index (χ4v) is 3.88. The van der Waals surface area contributed by atoms with Gasteiger partial charge in [0.25, 0.3) is 5.91 Å². The summed E-state index contributed by atoms with van der Waals surface area (Å²) in [5.41, 5.74) is 1.61. The van der Waals surface area contributed by atoms with Gasteiger partial charge >= 0.3 is 6.61 Å². The molecular weight excluding hydrogens is 464 g/mol. The molecule has 0 bridgehead atoms. The van der Waals surface area contributed by atoms with Gasteiger partial charge in [-0.2, -0.15) is 8.78 Å². The van der Waals surface area contributed by atoms with E-state index in [-0.39, 0.29) is 29.2 Å². The van der Waals surface area contributed by atoms with Crippen molar-refractivity contribution in [2.75, 3.05) is 33.5 Å². The molecule has 9 nitrogen and oxygen atoms in total. The van der Waals surface area contributed by atoms with Crippen LogP contribution >= 0.6 is 0 Å². The van der Waals surface area contributed by atoms with E-state index in [1.165, 1.54) is 13.2 Å². The third kappa shape index (κ3) is 5.30. The number of hydrogen-bond acceptors (Lipinski definition) is 7. The minimum Gasteiger partial charge on any atom is -0.496 e. The number of hydrogen-bond donors (Lipinski definition) is 1. The Morgan fingerprint density at radius 3 is 2.80 bits per heavy atom. The van der Waals surface area contributed by atoms with E-state index in [1.54, 1.807) is 35.0 Å². The quantitative estimate of drug-likeness (QED) is 0.493. The highest BCUT2D eigenvalue weighted by Gasteiger charge is 2.29. The highest BCUT2D eigenvalue weighted by atomic mass is 19.3. The van der Waals surface area contributed by atoms with Gasteiger partial charge in [0.15, 0.2) is 0 Å². The van der Waals surface area contributed by atoms with Gasteiger partial charge in [0.2, 0.25) is 0 Å². The first-order valence-electron chi connectivity index (χ1n) is 11.3. The van der Waals surface area contributed by atoms with Gasteiger partial charge in [-0.3, -0.25) is 9.20 Å². The molecule has 2 fully saturated rings. The standard InChI is InChI=1S/C24H25F2N3O6/c1-31-19-8-14(9-20(35-24(25)26)22(19)23(30)28-15-2-3-15)18-11-27-21-10-16(4-5-29(18)21)34-13-17-12-32-6-7-33-17/h4-5,8-11,15,17,24H,2-3,6-7,12-13H2,1H3,(H,28,30)/t17-/m1/s1. The van der Waals surface area contributed by atoms with Crippen LogP contribution in [0.25, 0.3) is 16.9 Å². The Kier molecular flexibility index (Phi) is 6.69. The zero-order valence-corrected chi connectivity index (χ0v) is 19.0. The largest absolute Gasteiger partial charge is 0.496 e. The molecule has 0 unspecified atom stereocenters. The second-order valence-corrected chi connectivity index (χ2v) is 8.29. The van der Waals surface area contributed by atoms with Crippen molar-refractivity contribution in [2.45, 2.75) is 31.6 Å². The summed E-state index contributed by atoms with van der Waals surface area (Å²) < 4.78 is 55.1. The lowest BCUT2D eigenvalue weighted by Gasteiger charge is -2.22. The lowest BCUT2D eigenvalue weighted by Crippen LogP contribution is -2.33. The summed E-state index contributed by atoms with van der Waals surface area (Å²) in [5.74, 6) is -0.0490. The van der Waals surface area contributed by atoms with Crippen molar-refractivity contribution in [3.63, 3.8) is 0 Å². The average Bonchev–Trinajstić information content (AvgIpc) is 3.57. The summed E-state index contributed by atoms with van der Waals surface area (Å²) in [6.07, 6.45) is 4.94. The van der Waals surface area contributed by atoms with Gasteiger partial charge in [0.05, 0.1) is 38.8 Å². The average molecular weight is 489 g/mol. The van der Waals surface area contributed by atoms with Gasteiger partial charge in [-0.05, 0) is 31.0 Å². The van der Waals surface area contributed by atoms with Crippen LogP contribution in [0, 0.1) is 0 Å². The molecule has 2 aromatic heterocycles. The number of alkyl halides is 2. The van der Waals surface area contributed by atoms with E-state index in [9.17, 15) is 13.6 Å². The van der Waals surface area contributed by atoms with Crippen molar-refractivity contribution in [2.24, 2.45) is 0 Å². The Morgan fingerprint density at radius 2 is 2.09 bits per heavy atom. The topological polar surface area (TPSA) is 92.6 Å². The van der Waals surface area contributed by atoms with E-state index in [2.05, 4.69) is 10.3 Å². The first-order valence-corrected chi connectivity index (χ1v) is 11.3. The van der Waals surface area contributed by atoms with Crippen molar-refractivity contribution >= 4 is 11.6 Å². The number of aromatic nitrogens is 2. The first kappa shape index (κ1) is 23.3. The van der Waals surface area contributed by atoms with Gasteiger partial charge in [-0.15, -0.1) is 0 Å². The number of methoxy groups -OCH3 is 1. The maximum Gasteiger partial charge on any atom is 0.387 e. The number of carbonyl (C=O) groups is 1. The highest BCUT2D eigenvalue weighted by Crippen LogP contribution is 2.37. The number of halogens is 2. The lowest BCUT2D eigenvalue weighted by molar-refractivity contribution is -0.101. The maximum absolute atomic E-state index is 13.2. The summed E-state index contributed by atoms with van der Waals surface area (Å²) >= 11 is 0. The summed E-state index contributed by atoms with van der Waals surface area (Å²) in [7, 11) is 1.37. The third-order valence-corrected chi connectivity index (χ3v) is 5.74. The third-order valence-electron chi connectivity index (χ3n) is 5.74. The van der Waals surface area contributed by atoms with Gasteiger partial charge in [-0.25, -0.2) is 4.98 Å². The molecule has 5 rings (SSSR count). The van der Waals surface area contributed by atoms with E-state index in [1.807, 2.05) is 0 Å². The number of pyridine rings is 1. The zero-order valence-electron chi connectivity index (χ0n) is 19.0. The monoisotopic (exact) mass is 489 g/mol. The fraction of sp³-hybridized carbons (Fsp3) is 0.417. The molecule has 3 aromatic rings. The SMILES string of the molecule is COc1cc(-c2cnc3cc(OC[C@H]4COCCO4)ccn23)cc(OC(F)F)c1C(=O)NC1CC1. The van der Waals surface area contributed by atoms with Crippen molar-refractivity contribution < 1.29 is 37.3 Å². The second kappa shape index (κ2) is 10.0.